The molecule has 2 aromatic carbocycles. The summed E-state index contributed by atoms with van der Waals surface area (Å²) in [5, 5.41) is 0. The van der Waals surface area contributed by atoms with E-state index in [2.05, 4.69) is 0 Å². The molecular weight excluding hydrogens is 506 g/mol. The van der Waals surface area contributed by atoms with Gasteiger partial charge in [-0.1, -0.05) is 12.1 Å². The average Bonchev–Trinajstić information content (AvgIpc) is 2.79. The smallest absolute Gasteiger partial charge is 0.423 e. The first-order valence-corrected chi connectivity index (χ1v) is 12.7. The Morgan fingerprint density at radius 1 is 1.00 bits per heavy atom. The highest BCUT2D eigenvalue weighted by Crippen LogP contribution is 2.30. The fourth-order valence-electron chi connectivity index (χ4n) is 3.41. The van der Waals surface area contributed by atoms with Crippen LogP contribution in [0, 0.1) is 11.6 Å². The summed E-state index contributed by atoms with van der Waals surface area (Å²) in [6.45, 7) is 4.78. The number of aromatic nitrogens is 1. The Labute approximate surface area is 213 Å². The summed E-state index contributed by atoms with van der Waals surface area (Å²) in [4.78, 5) is 37.4. The van der Waals surface area contributed by atoms with Gasteiger partial charge in [-0.3, -0.25) is 9.59 Å². The number of ketones is 1. The van der Waals surface area contributed by atoms with E-state index < -0.39 is 50.4 Å². The molecule has 1 heterocycles. The van der Waals surface area contributed by atoms with Crippen LogP contribution in [0.15, 0.2) is 59.5 Å². The highest BCUT2D eigenvalue weighted by Gasteiger charge is 2.29. The SMILES string of the molecule is CN(C(=O)OC(C)(C)C)S(=O)(=O)Cc1ccc(C(=O)c2ccc(F)cc2)c(-c2cn(C)c(=O)cc2F)c1. The number of rotatable bonds is 6. The lowest BCUT2D eigenvalue weighted by atomic mass is 9.93. The predicted molar refractivity (Wildman–Crippen MR) is 134 cm³/mol. The van der Waals surface area contributed by atoms with Gasteiger partial charge in [-0.05, 0) is 62.2 Å². The summed E-state index contributed by atoms with van der Waals surface area (Å²) >= 11 is 0. The zero-order valence-electron chi connectivity index (χ0n) is 20.9. The molecule has 196 valence electrons. The highest BCUT2D eigenvalue weighted by molar-refractivity contribution is 7.88. The maximum absolute atomic E-state index is 14.9. The molecule has 3 rings (SSSR count). The van der Waals surface area contributed by atoms with Crippen LogP contribution < -0.4 is 5.56 Å². The Morgan fingerprint density at radius 2 is 1.62 bits per heavy atom. The van der Waals surface area contributed by atoms with Gasteiger partial charge in [0.2, 0.25) is 10.0 Å². The molecule has 11 heteroatoms. The zero-order chi connectivity index (χ0) is 27.7. The first kappa shape index (κ1) is 27.7. The number of carbonyl (C=O) groups is 2. The number of carbonyl (C=O) groups excluding carboxylic acids is 2. The Morgan fingerprint density at radius 3 is 2.22 bits per heavy atom. The van der Waals surface area contributed by atoms with E-state index in [1.165, 1.54) is 43.6 Å². The molecule has 3 aromatic rings. The molecular formula is C26H26F2N2O6S. The summed E-state index contributed by atoms with van der Waals surface area (Å²) < 4.78 is 60.8. The van der Waals surface area contributed by atoms with E-state index >= 15 is 0 Å². The molecule has 0 aliphatic rings. The third-order valence-corrected chi connectivity index (χ3v) is 7.00. The summed E-state index contributed by atoms with van der Waals surface area (Å²) in [6, 6.07) is 9.49. The number of sulfonamides is 1. The van der Waals surface area contributed by atoms with Crippen molar-refractivity contribution in [1.82, 2.24) is 8.87 Å². The molecule has 8 nitrogen and oxygen atoms in total. The number of pyridine rings is 1. The van der Waals surface area contributed by atoms with Gasteiger partial charge in [0.15, 0.2) is 5.78 Å². The molecule has 0 saturated heterocycles. The van der Waals surface area contributed by atoms with Crippen molar-refractivity contribution in [2.24, 2.45) is 7.05 Å². The summed E-state index contributed by atoms with van der Waals surface area (Å²) in [5.74, 6) is -2.69. The van der Waals surface area contributed by atoms with Crippen molar-refractivity contribution in [3.8, 4) is 11.1 Å². The number of ether oxygens (including phenoxy) is 1. The van der Waals surface area contributed by atoms with Crippen molar-refractivity contribution in [3.05, 3.63) is 93.4 Å². The maximum atomic E-state index is 14.9. The molecule has 1 aromatic heterocycles. The number of benzene rings is 2. The van der Waals surface area contributed by atoms with Gasteiger partial charge >= 0.3 is 6.09 Å². The summed E-state index contributed by atoms with van der Waals surface area (Å²) in [5.41, 5.74) is -1.36. The molecule has 0 radical (unpaired) electrons. The Bertz CT molecular complexity index is 1520. The molecule has 0 N–H and O–H groups in total. The number of hydrogen-bond acceptors (Lipinski definition) is 6. The van der Waals surface area contributed by atoms with Crippen molar-refractivity contribution in [2.75, 3.05) is 7.05 Å². The number of nitrogens with zero attached hydrogens (tertiary/aromatic N) is 2. The van der Waals surface area contributed by atoms with Gasteiger partial charge in [0.1, 0.15) is 17.2 Å². The number of aryl methyl sites for hydroxylation is 1. The fraction of sp³-hybridized carbons (Fsp3) is 0.269. The number of hydrogen-bond donors (Lipinski definition) is 0. The fourth-order valence-corrected chi connectivity index (χ4v) is 4.47. The average molecular weight is 533 g/mol. The van der Waals surface area contributed by atoms with Crippen molar-refractivity contribution < 1.29 is 31.5 Å². The molecule has 0 bridgehead atoms. The summed E-state index contributed by atoms with van der Waals surface area (Å²) in [6.07, 6.45) is 0.124. The summed E-state index contributed by atoms with van der Waals surface area (Å²) in [7, 11) is -1.76. The maximum Gasteiger partial charge on any atom is 0.423 e. The lowest BCUT2D eigenvalue weighted by molar-refractivity contribution is 0.0420. The third kappa shape index (κ3) is 6.48. The third-order valence-electron chi connectivity index (χ3n) is 5.32. The molecule has 0 unspecified atom stereocenters. The van der Waals surface area contributed by atoms with E-state index in [0.717, 1.165) is 29.8 Å². The van der Waals surface area contributed by atoms with Crippen LogP contribution in [-0.2, 0) is 27.6 Å². The van der Waals surface area contributed by atoms with Gasteiger partial charge in [-0.2, -0.15) is 0 Å². The lowest BCUT2D eigenvalue weighted by Crippen LogP contribution is -2.38. The van der Waals surface area contributed by atoms with Gasteiger partial charge in [-0.25, -0.2) is 26.3 Å². The first-order valence-electron chi connectivity index (χ1n) is 11.1. The number of amides is 1. The van der Waals surface area contributed by atoms with Gasteiger partial charge in [0.25, 0.3) is 5.56 Å². The quantitative estimate of drug-likeness (QED) is 0.440. The van der Waals surface area contributed by atoms with E-state index in [1.807, 2.05) is 0 Å². The van der Waals surface area contributed by atoms with Crippen LogP contribution in [0.5, 0.6) is 0 Å². The predicted octanol–water partition coefficient (Wildman–Crippen LogP) is 4.26. The van der Waals surface area contributed by atoms with E-state index in [4.69, 9.17) is 4.74 Å². The van der Waals surface area contributed by atoms with Crippen molar-refractivity contribution in [3.63, 3.8) is 0 Å². The molecule has 0 atom stereocenters. The van der Waals surface area contributed by atoms with E-state index in [1.54, 1.807) is 20.8 Å². The molecule has 1 amide bonds. The van der Waals surface area contributed by atoms with E-state index in [-0.39, 0.29) is 27.8 Å². The van der Waals surface area contributed by atoms with Crippen molar-refractivity contribution in [1.29, 1.82) is 0 Å². The minimum Gasteiger partial charge on any atom is -0.443 e. The van der Waals surface area contributed by atoms with Gasteiger partial charge in [-0.15, -0.1) is 0 Å². The Balaban J connectivity index is 2.10. The van der Waals surface area contributed by atoms with Crippen LogP contribution in [-0.4, -0.2) is 41.8 Å². The van der Waals surface area contributed by atoms with Crippen LogP contribution in [0.4, 0.5) is 13.6 Å². The van der Waals surface area contributed by atoms with Crippen molar-refractivity contribution in [2.45, 2.75) is 32.1 Å². The standard InChI is InChI=1S/C26H26F2N2O6S/c1-26(2,3)36-25(33)30(5)37(34,35)15-16-6-11-19(24(32)17-7-9-18(27)10-8-17)20(12-16)21-14-29(4)23(31)13-22(21)28/h6-14H,15H2,1-5H3. The largest absolute Gasteiger partial charge is 0.443 e. The van der Waals surface area contributed by atoms with Crippen LogP contribution in [0.1, 0.15) is 42.3 Å². The molecule has 0 saturated carbocycles. The molecule has 0 spiro atoms. The monoisotopic (exact) mass is 532 g/mol. The molecule has 37 heavy (non-hydrogen) atoms. The van der Waals surface area contributed by atoms with E-state index in [9.17, 15) is 31.6 Å². The topological polar surface area (TPSA) is 103 Å². The van der Waals surface area contributed by atoms with Gasteiger partial charge in [0.05, 0.1) is 5.75 Å². The second-order valence-corrected chi connectivity index (χ2v) is 11.4. The van der Waals surface area contributed by atoms with Crippen LogP contribution in [0.2, 0.25) is 0 Å². The van der Waals surface area contributed by atoms with Crippen LogP contribution in [0.25, 0.3) is 11.1 Å². The minimum absolute atomic E-state index is 0.00537. The highest BCUT2D eigenvalue weighted by atomic mass is 32.2. The second kappa shape index (κ2) is 10.3. The van der Waals surface area contributed by atoms with Gasteiger partial charge < -0.3 is 9.30 Å². The zero-order valence-corrected chi connectivity index (χ0v) is 21.7. The second-order valence-electron chi connectivity index (χ2n) is 9.40. The molecule has 0 aliphatic carbocycles. The van der Waals surface area contributed by atoms with Crippen LogP contribution in [0.3, 0.4) is 0 Å². The molecule has 0 fully saturated rings. The number of halogens is 2. The normalized spacial score (nSPS) is 11.8. The molecule has 0 aliphatic heterocycles. The van der Waals surface area contributed by atoms with E-state index in [0.29, 0.717) is 4.31 Å². The Hall–Kier alpha value is -3.86. The van der Waals surface area contributed by atoms with Gasteiger partial charge in [0, 0.05) is 43.0 Å². The Kier molecular flexibility index (Phi) is 7.68. The van der Waals surface area contributed by atoms with Crippen molar-refractivity contribution >= 4 is 21.9 Å². The minimum atomic E-state index is -4.22. The lowest BCUT2D eigenvalue weighted by Gasteiger charge is -2.24. The first-order chi connectivity index (χ1) is 17.1. The van der Waals surface area contributed by atoms with Crippen LogP contribution >= 0.6 is 0 Å².